The Kier molecular flexibility index (Phi) is 7.64. The molecule has 0 fully saturated rings. The fourth-order valence-electron chi connectivity index (χ4n) is 2.80. The summed E-state index contributed by atoms with van der Waals surface area (Å²) in [6.45, 7) is 2.53. The molecule has 33 heavy (non-hydrogen) atoms. The van der Waals surface area contributed by atoms with Crippen molar-refractivity contribution in [2.24, 2.45) is 0 Å². The highest BCUT2D eigenvalue weighted by Crippen LogP contribution is 2.29. The van der Waals surface area contributed by atoms with Crippen LogP contribution >= 0.6 is 12.2 Å². The summed E-state index contributed by atoms with van der Waals surface area (Å²) in [5.74, 6) is -0.556. The molecule has 0 bridgehead atoms. The van der Waals surface area contributed by atoms with Gasteiger partial charge in [-0.1, -0.05) is 13.3 Å². The number of anilines is 1. The van der Waals surface area contributed by atoms with Gasteiger partial charge in [0.2, 0.25) is 0 Å². The lowest BCUT2D eigenvalue weighted by molar-refractivity contribution is -0.137. The lowest BCUT2D eigenvalue weighted by Gasteiger charge is -2.09. The number of ether oxygens (including phenoxy) is 1. The third-order valence-corrected chi connectivity index (χ3v) is 4.72. The van der Waals surface area contributed by atoms with Crippen molar-refractivity contribution in [3.8, 4) is 17.0 Å². The molecule has 2 aromatic carbocycles. The summed E-state index contributed by atoms with van der Waals surface area (Å²) in [4.78, 5) is 12.2. The first-order chi connectivity index (χ1) is 15.7. The minimum atomic E-state index is -4.49. The van der Waals surface area contributed by atoms with Gasteiger partial charge in [0, 0.05) is 23.3 Å². The topological polar surface area (TPSA) is 79.0 Å². The lowest BCUT2D eigenvalue weighted by atomic mass is 10.1. The van der Waals surface area contributed by atoms with Crippen LogP contribution in [-0.4, -0.2) is 27.8 Å². The van der Waals surface area contributed by atoms with Crippen molar-refractivity contribution in [1.29, 1.82) is 0 Å². The number of unbranched alkanes of at least 4 members (excludes halogenated alkanes) is 1. The molecule has 0 radical (unpaired) electrons. The number of hydrogen-bond acceptors (Lipinski definition) is 4. The molecular weight excluding hydrogens is 460 g/mol. The molecule has 0 aliphatic heterocycles. The van der Waals surface area contributed by atoms with Crippen molar-refractivity contribution >= 4 is 29.1 Å². The standard InChI is InChI=1S/C22H20F4N4O2S/c1-2-3-10-32-15-8-9-16(17(23)11-15)18-12-19(30-29-18)27-21(33)28-20(31)13-4-6-14(7-5-13)22(24,25)26/h4-9,11-12H,2-3,10H2,1H3,(H3,27,28,29,30,31,33). The molecule has 1 aromatic heterocycles. The smallest absolute Gasteiger partial charge is 0.416 e. The van der Waals surface area contributed by atoms with Crippen LogP contribution in [0.15, 0.2) is 48.5 Å². The van der Waals surface area contributed by atoms with Gasteiger partial charge in [-0.2, -0.15) is 18.3 Å². The largest absolute Gasteiger partial charge is 0.493 e. The predicted octanol–water partition coefficient (Wildman–Crippen LogP) is 5.54. The lowest BCUT2D eigenvalue weighted by Crippen LogP contribution is -2.34. The van der Waals surface area contributed by atoms with Crippen molar-refractivity contribution in [1.82, 2.24) is 15.5 Å². The summed E-state index contributed by atoms with van der Waals surface area (Å²) in [6.07, 6.45) is -2.66. The SMILES string of the molecule is CCCCOc1ccc(-c2cc(NC(=S)NC(=O)c3ccc(C(F)(F)F)cc3)n[nH]2)c(F)c1. The molecule has 11 heteroatoms. The Hall–Kier alpha value is -3.47. The van der Waals surface area contributed by atoms with E-state index in [1.54, 1.807) is 12.1 Å². The summed E-state index contributed by atoms with van der Waals surface area (Å²) >= 11 is 5.05. The molecule has 0 atom stereocenters. The third-order valence-electron chi connectivity index (χ3n) is 4.52. The number of rotatable bonds is 7. The molecule has 0 aliphatic rings. The van der Waals surface area contributed by atoms with Gasteiger partial charge >= 0.3 is 6.18 Å². The van der Waals surface area contributed by atoms with Gasteiger partial charge in [0.05, 0.1) is 17.9 Å². The van der Waals surface area contributed by atoms with Crippen molar-refractivity contribution in [3.63, 3.8) is 0 Å². The highest BCUT2D eigenvalue weighted by molar-refractivity contribution is 7.80. The number of carbonyl (C=O) groups is 1. The fourth-order valence-corrected chi connectivity index (χ4v) is 2.99. The Morgan fingerprint density at radius 1 is 1.15 bits per heavy atom. The van der Waals surface area contributed by atoms with Crippen LogP contribution < -0.4 is 15.4 Å². The molecule has 0 aliphatic carbocycles. The number of halogens is 4. The zero-order valence-electron chi connectivity index (χ0n) is 17.4. The molecule has 0 spiro atoms. The zero-order chi connectivity index (χ0) is 24.0. The first-order valence-corrected chi connectivity index (χ1v) is 10.4. The second-order valence-electron chi connectivity index (χ2n) is 6.99. The summed E-state index contributed by atoms with van der Waals surface area (Å²) < 4.78 is 57.9. The molecule has 3 rings (SSSR count). The van der Waals surface area contributed by atoms with Gasteiger partial charge in [-0.05, 0) is 55.0 Å². The number of nitrogens with one attached hydrogen (secondary N) is 3. The minimum absolute atomic E-state index is 0.00168. The van der Waals surface area contributed by atoms with Crippen molar-refractivity contribution in [2.75, 3.05) is 11.9 Å². The Labute approximate surface area is 192 Å². The molecule has 3 N–H and O–H groups in total. The van der Waals surface area contributed by atoms with E-state index in [2.05, 4.69) is 20.8 Å². The van der Waals surface area contributed by atoms with Crippen molar-refractivity contribution in [3.05, 3.63) is 65.5 Å². The fraction of sp³-hybridized carbons (Fsp3) is 0.227. The van der Waals surface area contributed by atoms with Gasteiger partial charge in [-0.3, -0.25) is 15.2 Å². The Balaban J connectivity index is 1.60. The maximum atomic E-state index is 14.5. The van der Waals surface area contributed by atoms with E-state index in [0.717, 1.165) is 37.1 Å². The van der Waals surface area contributed by atoms with Crippen molar-refractivity contribution < 1.29 is 27.1 Å². The quantitative estimate of drug-likeness (QED) is 0.235. The van der Waals surface area contributed by atoms with E-state index in [9.17, 15) is 22.4 Å². The number of hydrogen-bond donors (Lipinski definition) is 3. The van der Waals surface area contributed by atoms with Crippen LogP contribution in [0.25, 0.3) is 11.3 Å². The average molecular weight is 480 g/mol. The monoisotopic (exact) mass is 480 g/mol. The van der Waals surface area contributed by atoms with E-state index in [-0.39, 0.29) is 22.1 Å². The zero-order valence-corrected chi connectivity index (χ0v) is 18.2. The van der Waals surface area contributed by atoms with Crippen LogP contribution in [0.4, 0.5) is 23.4 Å². The molecule has 3 aromatic rings. The molecular formula is C22H20F4N4O2S. The Morgan fingerprint density at radius 3 is 2.52 bits per heavy atom. The van der Waals surface area contributed by atoms with Crippen molar-refractivity contribution in [2.45, 2.75) is 25.9 Å². The maximum absolute atomic E-state index is 14.5. The van der Waals surface area contributed by atoms with E-state index in [1.165, 1.54) is 12.1 Å². The second-order valence-corrected chi connectivity index (χ2v) is 7.40. The molecule has 1 amide bonds. The number of H-pyrrole nitrogens is 1. The first-order valence-electron chi connectivity index (χ1n) is 9.95. The second kappa shape index (κ2) is 10.4. The summed E-state index contributed by atoms with van der Waals surface area (Å²) in [7, 11) is 0. The van der Waals surface area contributed by atoms with E-state index in [0.29, 0.717) is 18.1 Å². The van der Waals surface area contributed by atoms with Gasteiger partial charge in [-0.15, -0.1) is 0 Å². The van der Waals surface area contributed by atoms with Gasteiger partial charge < -0.3 is 10.1 Å². The van der Waals surface area contributed by atoms with Crippen LogP contribution in [0.3, 0.4) is 0 Å². The van der Waals surface area contributed by atoms with E-state index < -0.39 is 23.5 Å². The Bertz CT molecular complexity index is 1130. The predicted molar refractivity (Wildman–Crippen MR) is 120 cm³/mol. The normalized spacial score (nSPS) is 11.2. The first kappa shape index (κ1) is 24.2. The number of aromatic amines is 1. The average Bonchev–Trinajstić information content (AvgIpc) is 3.21. The summed E-state index contributed by atoms with van der Waals surface area (Å²) in [5.41, 5.74) is -0.236. The molecule has 1 heterocycles. The number of aromatic nitrogens is 2. The van der Waals surface area contributed by atoms with Gasteiger partial charge in [-0.25, -0.2) is 4.39 Å². The van der Waals surface area contributed by atoms with Crippen LogP contribution in [0, 0.1) is 5.82 Å². The number of amides is 1. The highest BCUT2D eigenvalue weighted by Gasteiger charge is 2.30. The number of nitrogens with zero attached hydrogens (tertiary/aromatic N) is 1. The Morgan fingerprint density at radius 2 is 1.88 bits per heavy atom. The summed E-state index contributed by atoms with van der Waals surface area (Å²) in [5, 5.41) is 11.5. The van der Waals surface area contributed by atoms with Gasteiger partial charge in [0.15, 0.2) is 10.9 Å². The van der Waals surface area contributed by atoms with Crippen LogP contribution in [0.5, 0.6) is 5.75 Å². The number of carbonyl (C=O) groups excluding carboxylic acids is 1. The van der Waals surface area contributed by atoms with Crippen LogP contribution in [-0.2, 0) is 6.18 Å². The third kappa shape index (κ3) is 6.51. The molecule has 0 saturated carbocycles. The highest BCUT2D eigenvalue weighted by atomic mass is 32.1. The van der Waals surface area contributed by atoms with E-state index >= 15 is 0 Å². The minimum Gasteiger partial charge on any atom is -0.493 e. The van der Waals surface area contributed by atoms with Crippen LogP contribution in [0.2, 0.25) is 0 Å². The van der Waals surface area contributed by atoms with Crippen LogP contribution in [0.1, 0.15) is 35.7 Å². The van der Waals surface area contributed by atoms with Gasteiger partial charge in [0.25, 0.3) is 5.91 Å². The maximum Gasteiger partial charge on any atom is 0.416 e. The molecule has 174 valence electrons. The molecule has 6 nitrogen and oxygen atoms in total. The number of alkyl halides is 3. The molecule has 0 unspecified atom stereocenters. The van der Waals surface area contributed by atoms with Gasteiger partial charge in [0.1, 0.15) is 11.6 Å². The number of thiocarbonyl (C=S) groups is 1. The van der Waals surface area contributed by atoms with E-state index in [4.69, 9.17) is 17.0 Å². The summed E-state index contributed by atoms with van der Waals surface area (Å²) in [6, 6.07) is 9.69. The van der Waals surface area contributed by atoms with E-state index in [1.807, 2.05) is 6.92 Å². The molecule has 0 saturated heterocycles. The number of benzene rings is 2.